The third kappa shape index (κ3) is 1.44. The van der Waals surface area contributed by atoms with Gasteiger partial charge in [0.25, 0.3) is 0 Å². The molecule has 0 aliphatic carbocycles. The first-order valence-electron chi connectivity index (χ1n) is 5.32. The van der Waals surface area contributed by atoms with Gasteiger partial charge in [-0.25, -0.2) is 4.98 Å². The number of nitrogens with two attached hydrogens (primary N) is 1. The average molecular weight is 225 g/mol. The molecule has 0 spiro atoms. The molecule has 0 aromatic carbocycles. The highest BCUT2D eigenvalue weighted by molar-refractivity contribution is 6.29. The van der Waals surface area contributed by atoms with Gasteiger partial charge in [0, 0.05) is 18.2 Å². The molecular formula is C10H13ClN4. The van der Waals surface area contributed by atoms with Crippen LogP contribution in [0.5, 0.6) is 0 Å². The summed E-state index contributed by atoms with van der Waals surface area (Å²) >= 11 is 5.89. The van der Waals surface area contributed by atoms with Gasteiger partial charge in [-0.3, -0.25) is 0 Å². The number of nitrogen functional groups attached to an aromatic ring is 1. The van der Waals surface area contributed by atoms with Gasteiger partial charge in [-0.05, 0) is 25.7 Å². The van der Waals surface area contributed by atoms with E-state index in [1.54, 1.807) is 0 Å². The molecule has 0 unspecified atom stereocenters. The Hall–Kier alpha value is -1.03. The SMILES string of the molecule is Nc1nc(Cl)cc(N2C3CCC2CC3)n1. The van der Waals surface area contributed by atoms with Crippen LogP contribution in [0.4, 0.5) is 11.8 Å². The van der Waals surface area contributed by atoms with E-state index in [1.165, 1.54) is 25.7 Å². The third-order valence-electron chi connectivity index (χ3n) is 3.42. The summed E-state index contributed by atoms with van der Waals surface area (Å²) < 4.78 is 0. The van der Waals surface area contributed by atoms with E-state index in [2.05, 4.69) is 14.9 Å². The molecule has 4 nitrogen and oxygen atoms in total. The number of rotatable bonds is 1. The molecule has 2 aliphatic rings. The van der Waals surface area contributed by atoms with Crippen molar-refractivity contribution in [3.63, 3.8) is 0 Å². The largest absolute Gasteiger partial charge is 0.368 e. The molecule has 3 rings (SSSR count). The summed E-state index contributed by atoms with van der Waals surface area (Å²) in [4.78, 5) is 10.5. The Balaban J connectivity index is 1.99. The number of aromatic nitrogens is 2. The Morgan fingerprint density at radius 3 is 2.33 bits per heavy atom. The fraction of sp³-hybridized carbons (Fsp3) is 0.600. The van der Waals surface area contributed by atoms with Gasteiger partial charge in [0.1, 0.15) is 11.0 Å². The minimum absolute atomic E-state index is 0.267. The lowest BCUT2D eigenvalue weighted by Gasteiger charge is -2.23. The first-order chi connectivity index (χ1) is 7.24. The van der Waals surface area contributed by atoms with Crippen LogP contribution in [-0.2, 0) is 0 Å². The lowest BCUT2D eigenvalue weighted by Crippen LogP contribution is -2.29. The van der Waals surface area contributed by atoms with E-state index in [0.717, 1.165) is 5.82 Å². The normalized spacial score (nSPS) is 28.7. The summed E-state index contributed by atoms with van der Waals surface area (Å²) in [6, 6.07) is 3.09. The molecule has 2 bridgehead atoms. The monoisotopic (exact) mass is 224 g/mol. The maximum Gasteiger partial charge on any atom is 0.223 e. The van der Waals surface area contributed by atoms with Crippen LogP contribution >= 0.6 is 11.6 Å². The summed E-state index contributed by atoms with van der Waals surface area (Å²) in [5.41, 5.74) is 5.61. The van der Waals surface area contributed by atoms with Crippen LogP contribution in [-0.4, -0.2) is 22.1 Å². The molecule has 2 N–H and O–H groups in total. The van der Waals surface area contributed by atoms with E-state index in [0.29, 0.717) is 17.2 Å². The molecule has 15 heavy (non-hydrogen) atoms. The number of halogens is 1. The number of nitrogens with zero attached hydrogens (tertiary/aromatic N) is 3. The van der Waals surface area contributed by atoms with Crippen molar-refractivity contribution in [3.8, 4) is 0 Å². The molecule has 0 atom stereocenters. The standard InChI is InChI=1S/C10H13ClN4/c11-8-5-9(14-10(12)13-8)15-6-1-2-7(15)4-3-6/h5-7H,1-4H2,(H2,12,13,14). The molecule has 1 aromatic heterocycles. The second-order valence-electron chi connectivity index (χ2n) is 4.28. The van der Waals surface area contributed by atoms with E-state index in [9.17, 15) is 0 Å². The molecule has 2 aliphatic heterocycles. The maximum atomic E-state index is 5.89. The highest BCUT2D eigenvalue weighted by atomic mass is 35.5. The molecule has 0 radical (unpaired) electrons. The molecule has 0 saturated carbocycles. The van der Waals surface area contributed by atoms with Crippen molar-refractivity contribution >= 4 is 23.4 Å². The summed E-state index contributed by atoms with van der Waals surface area (Å²) in [6.07, 6.45) is 5.08. The van der Waals surface area contributed by atoms with Gasteiger partial charge in [-0.15, -0.1) is 0 Å². The number of hydrogen-bond donors (Lipinski definition) is 1. The van der Waals surface area contributed by atoms with Gasteiger partial charge in [0.05, 0.1) is 0 Å². The van der Waals surface area contributed by atoms with Crippen LogP contribution in [0.15, 0.2) is 6.07 Å². The maximum absolute atomic E-state index is 5.89. The summed E-state index contributed by atoms with van der Waals surface area (Å²) in [5.74, 6) is 1.17. The predicted octanol–water partition coefficient (Wildman–Crippen LogP) is 1.84. The van der Waals surface area contributed by atoms with E-state index in [-0.39, 0.29) is 5.95 Å². The zero-order valence-electron chi connectivity index (χ0n) is 8.36. The van der Waals surface area contributed by atoms with Gasteiger partial charge in [-0.1, -0.05) is 11.6 Å². The number of fused-ring (bicyclic) bond motifs is 2. The van der Waals surface area contributed by atoms with Crippen molar-refractivity contribution in [3.05, 3.63) is 11.2 Å². The Morgan fingerprint density at radius 1 is 1.20 bits per heavy atom. The summed E-state index contributed by atoms with van der Waals surface area (Å²) in [7, 11) is 0. The van der Waals surface area contributed by atoms with Crippen LogP contribution in [0, 0.1) is 0 Å². The number of anilines is 2. The van der Waals surface area contributed by atoms with Crippen molar-refractivity contribution < 1.29 is 0 Å². The summed E-state index contributed by atoms with van der Waals surface area (Å²) in [6.45, 7) is 0. The molecule has 1 aromatic rings. The fourth-order valence-corrected chi connectivity index (χ4v) is 3.03. The summed E-state index contributed by atoms with van der Waals surface area (Å²) in [5, 5.41) is 0.434. The lowest BCUT2D eigenvalue weighted by atomic mass is 10.0. The second kappa shape index (κ2) is 3.23. The van der Waals surface area contributed by atoms with E-state index < -0.39 is 0 Å². The first kappa shape index (κ1) is 9.21. The Morgan fingerprint density at radius 2 is 1.80 bits per heavy atom. The van der Waals surface area contributed by atoms with Crippen LogP contribution < -0.4 is 10.6 Å². The van der Waals surface area contributed by atoms with Gasteiger partial charge >= 0.3 is 0 Å². The van der Waals surface area contributed by atoms with Crippen molar-refractivity contribution in [1.82, 2.24) is 9.97 Å². The Labute approximate surface area is 93.5 Å². The van der Waals surface area contributed by atoms with Crippen LogP contribution in [0.2, 0.25) is 5.15 Å². The van der Waals surface area contributed by atoms with E-state index in [4.69, 9.17) is 17.3 Å². The molecule has 3 heterocycles. The molecule has 5 heteroatoms. The topological polar surface area (TPSA) is 55.0 Å². The van der Waals surface area contributed by atoms with Crippen molar-refractivity contribution in [2.24, 2.45) is 0 Å². The van der Waals surface area contributed by atoms with Gasteiger partial charge < -0.3 is 10.6 Å². The minimum atomic E-state index is 0.267. The first-order valence-corrected chi connectivity index (χ1v) is 5.70. The zero-order chi connectivity index (χ0) is 10.4. The van der Waals surface area contributed by atoms with Crippen LogP contribution in [0.25, 0.3) is 0 Å². The predicted molar refractivity (Wildman–Crippen MR) is 60.0 cm³/mol. The molecular weight excluding hydrogens is 212 g/mol. The quantitative estimate of drug-likeness (QED) is 0.740. The molecule has 2 saturated heterocycles. The molecule has 2 fully saturated rings. The van der Waals surface area contributed by atoms with E-state index >= 15 is 0 Å². The van der Waals surface area contributed by atoms with Gasteiger partial charge in [0.2, 0.25) is 5.95 Å². The highest BCUT2D eigenvalue weighted by Crippen LogP contribution is 2.40. The average Bonchev–Trinajstić information content (AvgIpc) is 2.74. The third-order valence-corrected chi connectivity index (χ3v) is 3.61. The lowest BCUT2D eigenvalue weighted by molar-refractivity contribution is 0.576. The highest BCUT2D eigenvalue weighted by Gasteiger charge is 2.40. The second-order valence-corrected chi connectivity index (χ2v) is 4.66. The van der Waals surface area contributed by atoms with Crippen LogP contribution in [0.1, 0.15) is 25.7 Å². The molecule has 0 amide bonds. The zero-order valence-corrected chi connectivity index (χ0v) is 9.11. The van der Waals surface area contributed by atoms with Gasteiger partial charge in [-0.2, -0.15) is 4.98 Å². The number of hydrogen-bond acceptors (Lipinski definition) is 4. The van der Waals surface area contributed by atoms with Crippen molar-refractivity contribution in [2.45, 2.75) is 37.8 Å². The van der Waals surface area contributed by atoms with Gasteiger partial charge in [0.15, 0.2) is 0 Å². The van der Waals surface area contributed by atoms with Crippen LogP contribution in [0.3, 0.4) is 0 Å². The van der Waals surface area contributed by atoms with E-state index in [1.807, 2.05) is 6.07 Å². The van der Waals surface area contributed by atoms with Crippen molar-refractivity contribution in [2.75, 3.05) is 10.6 Å². The smallest absolute Gasteiger partial charge is 0.223 e. The fourth-order valence-electron chi connectivity index (χ4n) is 2.84. The Bertz CT molecular complexity index is 355. The van der Waals surface area contributed by atoms with Crippen molar-refractivity contribution in [1.29, 1.82) is 0 Å². The minimum Gasteiger partial charge on any atom is -0.368 e. The molecule has 80 valence electrons. The Kier molecular flexibility index (Phi) is 1.99.